The Morgan fingerprint density at radius 1 is 1.04 bits per heavy atom. The molecule has 0 saturated carbocycles. The molecule has 1 amide bonds. The zero-order valence-electron chi connectivity index (χ0n) is 16.4. The summed E-state index contributed by atoms with van der Waals surface area (Å²) < 4.78 is 5.08. The molecule has 0 radical (unpaired) electrons. The number of nitrogens with zero attached hydrogens (tertiary/aromatic N) is 3. The van der Waals surface area contributed by atoms with Crippen LogP contribution in [0, 0.1) is 17.8 Å². The van der Waals surface area contributed by atoms with E-state index in [4.69, 9.17) is 4.74 Å². The zero-order valence-corrected chi connectivity index (χ0v) is 16.4. The van der Waals surface area contributed by atoms with Gasteiger partial charge in [0, 0.05) is 45.8 Å². The molecule has 2 aliphatic heterocycles. The van der Waals surface area contributed by atoms with Gasteiger partial charge >= 0.3 is 5.97 Å². The van der Waals surface area contributed by atoms with Gasteiger partial charge in [0.25, 0.3) is 0 Å². The van der Waals surface area contributed by atoms with Gasteiger partial charge in [0.05, 0.1) is 19.1 Å². The molecule has 2 heterocycles. The lowest BCUT2D eigenvalue weighted by atomic mass is 9.92. The van der Waals surface area contributed by atoms with Crippen molar-refractivity contribution in [3.05, 3.63) is 0 Å². The van der Waals surface area contributed by atoms with Crippen molar-refractivity contribution in [1.82, 2.24) is 14.7 Å². The highest BCUT2D eigenvalue weighted by atomic mass is 16.5. The quantitative estimate of drug-likeness (QED) is 0.674. The first-order valence-corrected chi connectivity index (χ1v) is 9.78. The van der Waals surface area contributed by atoms with Crippen molar-refractivity contribution in [1.29, 1.82) is 0 Å². The Kier molecular flexibility index (Phi) is 7.69. The molecule has 2 aliphatic rings. The number of esters is 1. The van der Waals surface area contributed by atoms with E-state index >= 15 is 0 Å². The Balaban J connectivity index is 1.71. The van der Waals surface area contributed by atoms with Crippen molar-refractivity contribution in [2.45, 2.75) is 34.1 Å². The fourth-order valence-electron chi connectivity index (χ4n) is 4.03. The second kappa shape index (κ2) is 9.53. The number of likely N-dealkylation sites (tertiary alicyclic amines) is 1. The van der Waals surface area contributed by atoms with Crippen molar-refractivity contribution < 1.29 is 14.3 Å². The smallest absolute Gasteiger partial charge is 0.309 e. The third kappa shape index (κ3) is 6.26. The molecule has 3 unspecified atom stereocenters. The van der Waals surface area contributed by atoms with Gasteiger partial charge in [-0.25, -0.2) is 0 Å². The van der Waals surface area contributed by atoms with Gasteiger partial charge in [-0.05, 0) is 25.2 Å². The lowest BCUT2D eigenvalue weighted by molar-refractivity contribution is -0.148. The van der Waals surface area contributed by atoms with Crippen LogP contribution in [-0.2, 0) is 14.3 Å². The van der Waals surface area contributed by atoms with Gasteiger partial charge in [0.2, 0.25) is 5.91 Å². The molecule has 2 saturated heterocycles. The van der Waals surface area contributed by atoms with E-state index in [0.29, 0.717) is 25.0 Å². The van der Waals surface area contributed by atoms with Crippen LogP contribution in [0.4, 0.5) is 0 Å². The summed E-state index contributed by atoms with van der Waals surface area (Å²) in [5.41, 5.74) is 0. The van der Waals surface area contributed by atoms with Crippen molar-refractivity contribution in [3.8, 4) is 0 Å². The minimum atomic E-state index is -0.117. The minimum Gasteiger partial charge on any atom is -0.466 e. The average Bonchev–Trinajstić information content (AvgIpc) is 2.56. The first-order chi connectivity index (χ1) is 11.9. The summed E-state index contributed by atoms with van der Waals surface area (Å²) in [6.45, 7) is 15.3. The molecule has 6 nitrogen and oxygen atoms in total. The summed E-state index contributed by atoms with van der Waals surface area (Å²) in [4.78, 5) is 30.9. The molecule has 0 spiro atoms. The number of carbonyl (C=O) groups excluding carboxylic acids is 2. The minimum absolute atomic E-state index is 0.0931. The maximum absolute atomic E-state index is 12.6. The van der Waals surface area contributed by atoms with Crippen LogP contribution in [0.15, 0.2) is 0 Å². The predicted molar refractivity (Wildman–Crippen MR) is 98.2 cm³/mol. The molecular formula is C19H35N3O3. The van der Waals surface area contributed by atoms with Gasteiger partial charge in [0.15, 0.2) is 0 Å². The van der Waals surface area contributed by atoms with E-state index in [1.807, 2.05) is 18.7 Å². The Bertz CT molecular complexity index is 439. The number of ether oxygens (including phenoxy) is 1. The van der Waals surface area contributed by atoms with Gasteiger partial charge in [-0.15, -0.1) is 0 Å². The molecule has 0 aliphatic carbocycles. The van der Waals surface area contributed by atoms with E-state index in [9.17, 15) is 9.59 Å². The number of rotatable bonds is 6. The van der Waals surface area contributed by atoms with Crippen LogP contribution in [0.3, 0.4) is 0 Å². The average molecular weight is 354 g/mol. The Hall–Kier alpha value is -1.14. The molecule has 2 fully saturated rings. The van der Waals surface area contributed by atoms with Crippen molar-refractivity contribution in [3.63, 3.8) is 0 Å². The molecular weight excluding hydrogens is 318 g/mol. The summed E-state index contributed by atoms with van der Waals surface area (Å²) >= 11 is 0. The van der Waals surface area contributed by atoms with E-state index in [-0.39, 0.29) is 17.8 Å². The summed E-state index contributed by atoms with van der Waals surface area (Å²) in [5.74, 6) is 1.27. The van der Waals surface area contributed by atoms with Crippen LogP contribution in [0.25, 0.3) is 0 Å². The third-order valence-electron chi connectivity index (χ3n) is 5.27. The highest BCUT2D eigenvalue weighted by Gasteiger charge is 2.28. The molecule has 0 N–H and O–H groups in total. The first kappa shape index (κ1) is 20.2. The van der Waals surface area contributed by atoms with Crippen molar-refractivity contribution in [2.75, 3.05) is 59.0 Å². The first-order valence-electron chi connectivity index (χ1n) is 9.78. The summed E-state index contributed by atoms with van der Waals surface area (Å²) in [6.07, 6.45) is 1.22. The fraction of sp³-hybridized carbons (Fsp3) is 0.895. The van der Waals surface area contributed by atoms with E-state index < -0.39 is 0 Å². The Morgan fingerprint density at radius 2 is 1.60 bits per heavy atom. The molecule has 25 heavy (non-hydrogen) atoms. The monoisotopic (exact) mass is 353 g/mol. The molecule has 144 valence electrons. The Labute approximate surface area is 152 Å². The van der Waals surface area contributed by atoms with Gasteiger partial charge in [-0.3, -0.25) is 19.4 Å². The second-order valence-corrected chi connectivity index (χ2v) is 7.97. The van der Waals surface area contributed by atoms with Crippen LogP contribution < -0.4 is 0 Å². The van der Waals surface area contributed by atoms with E-state index in [1.165, 1.54) is 6.42 Å². The highest BCUT2D eigenvalue weighted by Crippen LogP contribution is 2.21. The largest absolute Gasteiger partial charge is 0.466 e. The topological polar surface area (TPSA) is 53.1 Å². The number of amides is 1. The standard InChI is InChI=1S/C19H35N3O3/c1-5-25-19(24)17(4)13-20-6-8-21(9-7-20)14-18(23)22-11-15(2)10-16(3)12-22/h15-17H,5-14H2,1-4H3. The molecule has 3 atom stereocenters. The van der Waals surface area contributed by atoms with Gasteiger partial charge < -0.3 is 9.64 Å². The van der Waals surface area contributed by atoms with Crippen molar-refractivity contribution >= 4 is 11.9 Å². The molecule has 0 aromatic rings. The molecule has 0 aromatic carbocycles. The summed E-state index contributed by atoms with van der Waals surface area (Å²) in [6, 6.07) is 0. The van der Waals surface area contributed by atoms with E-state index in [1.54, 1.807) is 0 Å². The van der Waals surface area contributed by atoms with Crippen LogP contribution >= 0.6 is 0 Å². The van der Waals surface area contributed by atoms with Gasteiger partial charge in [0.1, 0.15) is 0 Å². The number of hydrogen-bond acceptors (Lipinski definition) is 5. The van der Waals surface area contributed by atoms with Crippen LogP contribution in [0.5, 0.6) is 0 Å². The third-order valence-corrected chi connectivity index (χ3v) is 5.27. The summed E-state index contributed by atoms with van der Waals surface area (Å²) in [5, 5.41) is 0. The van der Waals surface area contributed by atoms with Crippen LogP contribution in [-0.4, -0.2) is 85.5 Å². The number of carbonyl (C=O) groups is 2. The number of piperidine rings is 1. The lowest BCUT2D eigenvalue weighted by Gasteiger charge is -2.38. The van der Waals surface area contributed by atoms with Gasteiger partial charge in [-0.2, -0.15) is 0 Å². The maximum Gasteiger partial charge on any atom is 0.309 e. The van der Waals surface area contributed by atoms with Gasteiger partial charge in [-0.1, -0.05) is 20.8 Å². The second-order valence-electron chi connectivity index (χ2n) is 7.97. The highest BCUT2D eigenvalue weighted by molar-refractivity contribution is 5.78. The predicted octanol–water partition coefficient (Wildman–Crippen LogP) is 1.31. The summed E-state index contributed by atoms with van der Waals surface area (Å²) in [7, 11) is 0. The number of piperazine rings is 1. The molecule has 2 rings (SSSR count). The lowest BCUT2D eigenvalue weighted by Crippen LogP contribution is -2.52. The maximum atomic E-state index is 12.6. The van der Waals surface area contributed by atoms with Crippen molar-refractivity contribution in [2.24, 2.45) is 17.8 Å². The fourth-order valence-corrected chi connectivity index (χ4v) is 4.03. The Morgan fingerprint density at radius 3 is 2.16 bits per heavy atom. The number of hydrogen-bond donors (Lipinski definition) is 0. The normalized spacial score (nSPS) is 27.1. The van der Waals surface area contributed by atoms with Crippen LogP contribution in [0.1, 0.15) is 34.1 Å². The van der Waals surface area contributed by atoms with E-state index in [2.05, 4.69) is 23.6 Å². The molecule has 0 aromatic heterocycles. The zero-order chi connectivity index (χ0) is 18.4. The molecule has 0 bridgehead atoms. The van der Waals surface area contributed by atoms with Crippen LogP contribution in [0.2, 0.25) is 0 Å². The molecule has 6 heteroatoms. The van der Waals surface area contributed by atoms with E-state index in [0.717, 1.165) is 45.8 Å². The SMILES string of the molecule is CCOC(=O)C(C)CN1CCN(CC(=O)N2CC(C)CC(C)C2)CC1.